The summed E-state index contributed by atoms with van der Waals surface area (Å²) in [6.07, 6.45) is 5.05. The number of nitrogens with zero attached hydrogens (tertiary/aromatic N) is 2. The molecular weight excluding hydrogens is 192 g/mol. The Bertz CT molecular complexity index is 363. The summed E-state index contributed by atoms with van der Waals surface area (Å²) in [7, 11) is 0. The molecule has 0 aromatic carbocycles. The Morgan fingerprint density at radius 2 is 2.47 bits per heavy atom. The van der Waals surface area contributed by atoms with Crippen LogP contribution in [0.3, 0.4) is 0 Å². The maximum absolute atomic E-state index is 10.7. The van der Waals surface area contributed by atoms with Gasteiger partial charge in [0.15, 0.2) is 0 Å². The van der Waals surface area contributed by atoms with Gasteiger partial charge in [0.25, 0.3) is 0 Å². The zero-order valence-electron chi connectivity index (χ0n) is 8.68. The molecule has 80 valence electrons. The van der Waals surface area contributed by atoms with Gasteiger partial charge >= 0.3 is 5.97 Å². The second kappa shape index (κ2) is 5.14. The van der Waals surface area contributed by atoms with Crippen molar-refractivity contribution in [2.45, 2.75) is 6.92 Å². The van der Waals surface area contributed by atoms with E-state index in [0.717, 1.165) is 11.3 Å². The summed E-state index contributed by atoms with van der Waals surface area (Å²) in [5.41, 5.74) is 1.84. The van der Waals surface area contributed by atoms with Crippen molar-refractivity contribution < 1.29 is 9.90 Å². The van der Waals surface area contributed by atoms with Crippen molar-refractivity contribution in [1.82, 2.24) is 4.98 Å². The highest BCUT2D eigenvalue weighted by molar-refractivity contribution is 5.74. The van der Waals surface area contributed by atoms with Crippen LogP contribution in [0.2, 0.25) is 0 Å². The average Bonchev–Trinajstić information content (AvgIpc) is 2.17. The van der Waals surface area contributed by atoms with E-state index in [1.54, 1.807) is 23.4 Å². The number of aromatic nitrogens is 1. The first kappa shape index (κ1) is 11.2. The molecule has 0 radical (unpaired) electrons. The molecular formula is C11H14N2O2. The summed E-state index contributed by atoms with van der Waals surface area (Å²) < 4.78 is 0. The van der Waals surface area contributed by atoms with Gasteiger partial charge in [-0.15, -0.1) is 6.58 Å². The molecule has 1 heterocycles. The average molecular weight is 206 g/mol. The van der Waals surface area contributed by atoms with E-state index in [1.165, 1.54) is 0 Å². The molecule has 1 aromatic rings. The zero-order valence-corrected chi connectivity index (χ0v) is 8.68. The van der Waals surface area contributed by atoms with Gasteiger partial charge in [-0.1, -0.05) is 6.08 Å². The number of rotatable bonds is 5. The fraction of sp³-hybridized carbons (Fsp3) is 0.273. The largest absolute Gasteiger partial charge is 0.480 e. The van der Waals surface area contributed by atoms with Crippen LogP contribution in [0, 0.1) is 6.92 Å². The molecule has 0 atom stereocenters. The van der Waals surface area contributed by atoms with Crippen molar-refractivity contribution in [2.75, 3.05) is 18.0 Å². The Morgan fingerprint density at radius 3 is 3.00 bits per heavy atom. The first-order valence-electron chi connectivity index (χ1n) is 4.63. The lowest BCUT2D eigenvalue weighted by molar-refractivity contribution is -0.135. The topological polar surface area (TPSA) is 53.4 Å². The normalized spacial score (nSPS) is 9.67. The summed E-state index contributed by atoms with van der Waals surface area (Å²) in [5.74, 6) is -0.854. The molecule has 4 heteroatoms. The molecule has 0 spiro atoms. The van der Waals surface area contributed by atoms with E-state index in [9.17, 15) is 4.79 Å². The van der Waals surface area contributed by atoms with E-state index < -0.39 is 5.97 Å². The molecule has 1 N–H and O–H groups in total. The van der Waals surface area contributed by atoms with E-state index in [-0.39, 0.29) is 6.54 Å². The number of carbonyl (C=O) groups is 1. The van der Waals surface area contributed by atoms with Gasteiger partial charge < -0.3 is 10.0 Å². The van der Waals surface area contributed by atoms with Gasteiger partial charge in [0.05, 0.1) is 0 Å². The predicted octanol–water partition coefficient (Wildman–Crippen LogP) is 1.47. The van der Waals surface area contributed by atoms with Crippen LogP contribution in [0.15, 0.2) is 31.1 Å². The Morgan fingerprint density at radius 1 is 1.73 bits per heavy atom. The highest BCUT2D eigenvalue weighted by Gasteiger charge is 2.10. The molecule has 1 rings (SSSR count). The summed E-state index contributed by atoms with van der Waals surface area (Å²) in [4.78, 5) is 16.4. The highest BCUT2D eigenvalue weighted by atomic mass is 16.4. The Hall–Kier alpha value is -1.84. The number of carboxylic acids is 1. The molecule has 15 heavy (non-hydrogen) atoms. The van der Waals surface area contributed by atoms with Crippen LogP contribution in [0.1, 0.15) is 5.56 Å². The Labute approximate surface area is 88.9 Å². The number of anilines is 1. The van der Waals surface area contributed by atoms with Crippen molar-refractivity contribution in [3.63, 3.8) is 0 Å². The lowest BCUT2D eigenvalue weighted by Gasteiger charge is -2.22. The van der Waals surface area contributed by atoms with Gasteiger partial charge in [0.2, 0.25) is 0 Å². The molecule has 0 fully saturated rings. The fourth-order valence-corrected chi connectivity index (χ4v) is 1.39. The van der Waals surface area contributed by atoms with Gasteiger partial charge in [-0.3, -0.25) is 9.78 Å². The molecule has 0 bridgehead atoms. The lowest BCUT2D eigenvalue weighted by atomic mass is 10.2. The third-order valence-corrected chi connectivity index (χ3v) is 2.01. The number of aryl methyl sites for hydroxylation is 1. The molecule has 0 unspecified atom stereocenters. The quantitative estimate of drug-likeness (QED) is 0.741. The van der Waals surface area contributed by atoms with Crippen LogP contribution >= 0.6 is 0 Å². The van der Waals surface area contributed by atoms with Crippen molar-refractivity contribution in [3.8, 4) is 0 Å². The molecule has 0 amide bonds. The van der Waals surface area contributed by atoms with E-state index >= 15 is 0 Å². The van der Waals surface area contributed by atoms with Crippen molar-refractivity contribution in [1.29, 1.82) is 0 Å². The first-order chi connectivity index (χ1) is 7.15. The Balaban J connectivity index is 2.92. The SMILES string of the molecule is C=CCN(CC(=O)O)c1ccncc1C. The minimum atomic E-state index is -0.854. The van der Waals surface area contributed by atoms with Crippen molar-refractivity contribution in [2.24, 2.45) is 0 Å². The lowest BCUT2D eigenvalue weighted by Crippen LogP contribution is -2.30. The maximum atomic E-state index is 10.7. The highest BCUT2D eigenvalue weighted by Crippen LogP contribution is 2.17. The summed E-state index contributed by atoms with van der Waals surface area (Å²) in [5, 5.41) is 8.77. The molecule has 0 aliphatic carbocycles. The second-order valence-corrected chi connectivity index (χ2v) is 3.23. The van der Waals surface area contributed by atoms with E-state index in [4.69, 9.17) is 5.11 Å². The van der Waals surface area contributed by atoms with Crippen LogP contribution in [-0.2, 0) is 4.79 Å². The number of pyridine rings is 1. The second-order valence-electron chi connectivity index (χ2n) is 3.23. The van der Waals surface area contributed by atoms with Crippen LogP contribution in [0.25, 0.3) is 0 Å². The van der Waals surface area contributed by atoms with E-state index in [0.29, 0.717) is 6.54 Å². The third-order valence-electron chi connectivity index (χ3n) is 2.01. The number of hydrogen-bond acceptors (Lipinski definition) is 3. The first-order valence-corrected chi connectivity index (χ1v) is 4.63. The summed E-state index contributed by atoms with van der Waals surface area (Å²) in [6, 6.07) is 1.81. The predicted molar refractivity (Wildman–Crippen MR) is 59.0 cm³/mol. The van der Waals surface area contributed by atoms with Crippen LogP contribution < -0.4 is 4.90 Å². The minimum Gasteiger partial charge on any atom is -0.480 e. The van der Waals surface area contributed by atoms with Crippen molar-refractivity contribution >= 4 is 11.7 Å². The van der Waals surface area contributed by atoms with Crippen molar-refractivity contribution in [3.05, 3.63) is 36.7 Å². The molecule has 1 aromatic heterocycles. The zero-order chi connectivity index (χ0) is 11.3. The minimum absolute atomic E-state index is 0.0309. The van der Waals surface area contributed by atoms with E-state index in [2.05, 4.69) is 11.6 Å². The number of carboxylic acid groups (broad SMARTS) is 1. The standard InChI is InChI=1S/C11H14N2O2/c1-3-6-13(8-11(14)15)10-4-5-12-7-9(10)2/h3-5,7H,1,6,8H2,2H3,(H,14,15). The van der Waals surface area contributed by atoms with E-state index in [1.807, 2.05) is 13.0 Å². The monoisotopic (exact) mass is 206 g/mol. The van der Waals surface area contributed by atoms with Crippen LogP contribution in [-0.4, -0.2) is 29.1 Å². The Kier molecular flexibility index (Phi) is 3.85. The fourth-order valence-electron chi connectivity index (χ4n) is 1.39. The molecule has 4 nitrogen and oxygen atoms in total. The van der Waals surface area contributed by atoms with Gasteiger partial charge in [-0.05, 0) is 18.6 Å². The maximum Gasteiger partial charge on any atom is 0.323 e. The third kappa shape index (κ3) is 3.09. The molecule has 0 saturated carbocycles. The van der Waals surface area contributed by atoms with Crippen LogP contribution in [0.4, 0.5) is 5.69 Å². The van der Waals surface area contributed by atoms with Gasteiger partial charge in [0, 0.05) is 24.6 Å². The van der Waals surface area contributed by atoms with Gasteiger partial charge in [-0.2, -0.15) is 0 Å². The molecule has 0 aliphatic rings. The van der Waals surface area contributed by atoms with Gasteiger partial charge in [-0.25, -0.2) is 0 Å². The smallest absolute Gasteiger partial charge is 0.323 e. The number of aliphatic carboxylic acids is 1. The molecule has 0 aliphatic heterocycles. The molecule has 0 saturated heterocycles. The van der Waals surface area contributed by atoms with Gasteiger partial charge in [0.1, 0.15) is 6.54 Å². The summed E-state index contributed by atoms with van der Waals surface area (Å²) >= 11 is 0. The van der Waals surface area contributed by atoms with Crippen LogP contribution in [0.5, 0.6) is 0 Å². The number of hydrogen-bond donors (Lipinski definition) is 1. The summed E-state index contributed by atoms with van der Waals surface area (Å²) in [6.45, 7) is 6.00.